The molecule has 0 spiro atoms. The fourth-order valence-corrected chi connectivity index (χ4v) is 2.39. The first-order valence-corrected chi connectivity index (χ1v) is 7.65. The number of halogens is 1. The average molecular weight is 351 g/mol. The van der Waals surface area contributed by atoms with Crippen molar-refractivity contribution < 1.29 is 9.59 Å². The smallest absolute Gasteiger partial charge is 0.243 e. The van der Waals surface area contributed by atoms with Crippen LogP contribution in [0.1, 0.15) is 26.7 Å². The van der Waals surface area contributed by atoms with E-state index < -0.39 is 5.54 Å². The van der Waals surface area contributed by atoms with Crippen molar-refractivity contribution in [2.45, 2.75) is 32.2 Å². The molecule has 0 aliphatic rings. The summed E-state index contributed by atoms with van der Waals surface area (Å²) >= 11 is 0. The molecule has 0 fully saturated rings. The van der Waals surface area contributed by atoms with Gasteiger partial charge in [-0.05, 0) is 25.5 Å². The van der Waals surface area contributed by atoms with Gasteiger partial charge in [-0.1, -0.05) is 31.5 Å². The summed E-state index contributed by atoms with van der Waals surface area (Å²) in [5, 5.41) is 6.28. The van der Waals surface area contributed by atoms with Crippen molar-refractivity contribution >= 4 is 40.8 Å². The Labute approximate surface area is 147 Å². The van der Waals surface area contributed by atoms with Crippen LogP contribution in [0.15, 0.2) is 36.5 Å². The molecule has 2 aromatic rings. The number of hydrogen-bond acceptors (Lipinski definition) is 4. The van der Waals surface area contributed by atoms with Crippen LogP contribution in [0.3, 0.4) is 0 Å². The Kier molecular flexibility index (Phi) is 7.13. The van der Waals surface area contributed by atoms with Crippen LogP contribution in [0.5, 0.6) is 0 Å². The summed E-state index contributed by atoms with van der Waals surface area (Å²) in [6.07, 6.45) is 3.03. The Morgan fingerprint density at radius 1 is 1.25 bits per heavy atom. The van der Waals surface area contributed by atoms with Gasteiger partial charge in [-0.3, -0.25) is 14.6 Å². The number of para-hydroxylation sites is 1. The molecule has 7 heteroatoms. The van der Waals surface area contributed by atoms with Crippen LogP contribution in [0, 0.1) is 0 Å². The summed E-state index contributed by atoms with van der Waals surface area (Å²) in [5.41, 5.74) is 6.30. The molecule has 0 saturated carbocycles. The highest BCUT2D eigenvalue weighted by Gasteiger charge is 2.27. The second-order valence-corrected chi connectivity index (χ2v) is 5.78. The van der Waals surface area contributed by atoms with Gasteiger partial charge in [-0.15, -0.1) is 12.4 Å². The number of pyridine rings is 1. The molecule has 1 aromatic heterocycles. The molecule has 24 heavy (non-hydrogen) atoms. The standard InChI is InChI=1S/C17H22N4O2.ClH/c1-3-9-17(2,18)16(23)20-11-14(22)21-13-8-4-6-12-7-5-10-19-15(12)13;/h4-8,10H,3,9,11,18H2,1-2H3,(H,20,23)(H,21,22);1H. The van der Waals surface area contributed by atoms with E-state index >= 15 is 0 Å². The maximum Gasteiger partial charge on any atom is 0.243 e. The monoisotopic (exact) mass is 350 g/mol. The maximum absolute atomic E-state index is 12.1. The van der Waals surface area contributed by atoms with E-state index in [0.29, 0.717) is 17.6 Å². The van der Waals surface area contributed by atoms with Gasteiger partial charge in [0.05, 0.1) is 23.3 Å². The van der Waals surface area contributed by atoms with Crippen LogP contribution in [0.2, 0.25) is 0 Å². The minimum atomic E-state index is -0.962. The Morgan fingerprint density at radius 3 is 2.67 bits per heavy atom. The van der Waals surface area contributed by atoms with E-state index in [1.54, 1.807) is 19.2 Å². The molecular formula is C17H23ClN4O2. The summed E-state index contributed by atoms with van der Waals surface area (Å²) in [6, 6.07) is 9.30. The van der Waals surface area contributed by atoms with Gasteiger partial charge < -0.3 is 16.4 Å². The van der Waals surface area contributed by atoms with Gasteiger partial charge >= 0.3 is 0 Å². The van der Waals surface area contributed by atoms with E-state index in [1.165, 1.54) is 0 Å². The first-order valence-electron chi connectivity index (χ1n) is 7.65. The molecule has 1 unspecified atom stereocenters. The van der Waals surface area contributed by atoms with E-state index in [-0.39, 0.29) is 30.8 Å². The number of amides is 2. The summed E-state index contributed by atoms with van der Waals surface area (Å²) < 4.78 is 0. The number of nitrogens with two attached hydrogens (primary N) is 1. The van der Waals surface area contributed by atoms with Gasteiger partial charge in [-0.2, -0.15) is 0 Å². The molecule has 0 aliphatic carbocycles. The van der Waals surface area contributed by atoms with E-state index in [4.69, 9.17) is 5.73 Å². The number of nitrogens with one attached hydrogen (secondary N) is 2. The fraction of sp³-hybridized carbons (Fsp3) is 0.353. The molecular weight excluding hydrogens is 328 g/mol. The van der Waals surface area contributed by atoms with E-state index in [1.807, 2.05) is 31.2 Å². The second kappa shape index (κ2) is 8.61. The van der Waals surface area contributed by atoms with Crippen LogP contribution in [-0.4, -0.2) is 28.9 Å². The third-order valence-corrected chi connectivity index (χ3v) is 3.60. The lowest BCUT2D eigenvalue weighted by molar-refractivity contribution is -0.128. The minimum absolute atomic E-state index is 0. The zero-order valence-electron chi connectivity index (χ0n) is 13.8. The van der Waals surface area contributed by atoms with E-state index in [9.17, 15) is 9.59 Å². The van der Waals surface area contributed by atoms with Crippen molar-refractivity contribution in [2.75, 3.05) is 11.9 Å². The molecule has 1 atom stereocenters. The summed E-state index contributed by atoms with van der Waals surface area (Å²) in [7, 11) is 0. The molecule has 2 amide bonds. The van der Waals surface area contributed by atoms with Crippen molar-refractivity contribution in [1.29, 1.82) is 0 Å². The van der Waals surface area contributed by atoms with Crippen molar-refractivity contribution in [2.24, 2.45) is 5.73 Å². The lowest BCUT2D eigenvalue weighted by Crippen LogP contribution is -2.52. The van der Waals surface area contributed by atoms with Crippen LogP contribution < -0.4 is 16.4 Å². The largest absolute Gasteiger partial charge is 0.345 e. The number of rotatable bonds is 6. The second-order valence-electron chi connectivity index (χ2n) is 5.78. The highest BCUT2D eigenvalue weighted by molar-refractivity contribution is 6.02. The molecule has 0 bridgehead atoms. The van der Waals surface area contributed by atoms with Crippen molar-refractivity contribution in [1.82, 2.24) is 10.3 Å². The van der Waals surface area contributed by atoms with Gasteiger partial charge in [0.15, 0.2) is 0 Å². The molecule has 130 valence electrons. The SMILES string of the molecule is CCCC(C)(N)C(=O)NCC(=O)Nc1cccc2cccnc12.Cl. The van der Waals surface area contributed by atoms with Crippen molar-refractivity contribution in [3.63, 3.8) is 0 Å². The predicted molar refractivity (Wildman–Crippen MR) is 98.1 cm³/mol. The first-order chi connectivity index (χ1) is 10.9. The molecule has 0 radical (unpaired) electrons. The Morgan fingerprint density at radius 2 is 1.96 bits per heavy atom. The normalized spacial score (nSPS) is 12.8. The Balaban J connectivity index is 0.00000288. The molecule has 4 N–H and O–H groups in total. The fourth-order valence-electron chi connectivity index (χ4n) is 2.39. The Hall–Kier alpha value is -2.18. The first kappa shape index (κ1) is 19.9. The maximum atomic E-state index is 12.1. The number of hydrogen-bond donors (Lipinski definition) is 3. The van der Waals surface area contributed by atoms with Crippen molar-refractivity contribution in [3.8, 4) is 0 Å². The van der Waals surface area contributed by atoms with E-state index in [0.717, 1.165) is 11.8 Å². The van der Waals surface area contributed by atoms with Gasteiger partial charge in [0.1, 0.15) is 0 Å². The predicted octanol–water partition coefficient (Wildman–Crippen LogP) is 2.23. The molecule has 6 nitrogen and oxygen atoms in total. The van der Waals surface area contributed by atoms with Crippen LogP contribution in [0.25, 0.3) is 10.9 Å². The molecule has 1 heterocycles. The quantitative estimate of drug-likeness (QED) is 0.744. The zero-order valence-corrected chi connectivity index (χ0v) is 14.7. The van der Waals surface area contributed by atoms with Gasteiger partial charge in [-0.25, -0.2) is 0 Å². The zero-order chi connectivity index (χ0) is 16.9. The number of aromatic nitrogens is 1. The number of anilines is 1. The summed E-state index contributed by atoms with van der Waals surface area (Å²) in [6.45, 7) is 3.50. The van der Waals surface area contributed by atoms with Crippen LogP contribution in [-0.2, 0) is 9.59 Å². The minimum Gasteiger partial charge on any atom is -0.345 e. The van der Waals surface area contributed by atoms with Gasteiger partial charge in [0.25, 0.3) is 0 Å². The molecule has 2 rings (SSSR count). The van der Waals surface area contributed by atoms with Crippen LogP contribution in [0.4, 0.5) is 5.69 Å². The highest BCUT2D eigenvalue weighted by atomic mass is 35.5. The molecule has 1 aromatic carbocycles. The number of carbonyl (C=O) groups is 2. The molecule has 0 aliphatic heterocycles. The van der Waals surface area contributed by atoms with E-state index in [2.05, 4.69) is 15.6 Å². The third-order valence-electron chi connectivity index (χ3n) is 3.60. The Bertz CT molecular complexity index is 713. The van der Waals surface area contributed by atoms with Gasteiger partial charge in [0.2, 0.25) is 11.8 Å². The number of nitrogens with zero attached hydrogens (tertiary/aromatic N) is 1. The third kappa shape index (κ3) is 4.91. The lowest BCUT2D eigenvalue weighted by atomic mass is 9.96. The topological polar surface area (TPSA) is 97.1 Å². The highest BCUT2D eigenvalue weighted by Crippen LogP contribution is 2.20. The van der Waals surface area contributed by atoms with Crippen molar-refractivity contribution in [3.05, 3.63) is 36.5 Å². The summed E-state index contributed by atoms with van der Waals surface area (Å²) in [5.74, 6) is -0.644. The average Bonchev–Trinajstić information content (AvgIpc) is 2.53. The molecule has 0 saturated heterocycles. The summed E-state index contributed by atoms with van der Waals surface area (Å²) in [4.78, 5) is 28.3. The van der Waals surface area contributed by atoms with Crippen LogP contribution >= 0.6 is 12.4 Å². The van der Waals surface area contributed by atoms with Gasteiger partial charge in [0, 0.05) is 11.6 Å². The number of fused-ring (bicyclic) bond motifs is 1. The number of carbonyl (C=O) groups excluding carboxylic acids is 2. The number of benzene rings is 1. The lowest BCUT2D eigenvalue weighted by Gasteiger charge is -2.22.